The molecule has 3 aromatic rings. The smallest absolute Gasteiger partial charge is 0.409 e. The summed E-state index contributed by atoms with van der Waals surface area (Å²) in [6, 6.07) is 11.4. The second-order valence-corrected chi connectivity index (χ2v) is 9.19. The van der Waals surface area contributed by atoms with E-state index in [1.165, 1.54) is 6.20 Å². The van der Waals surface area contributed by atoms with Crippen LogP contribution in [-0.4, -0.2) is 23.2 Å². The van der Waals surface area contributed by atoms with Gasteiger partial charge in [-0.3, -0.25) is 0 Å². The monoisotopic (exact) mass is 488 g/mol. The Morgan fingerprint density at radius 3 is 2.48 bits per heavy atom. The van der Waals surface area contributed by atoms with Crippen molar-refractivity contribution in [1.82, 2.24) is 9.97 Å². The van der Waals surface area contributed by atoms with Gasteiger partial charge in [-0.25, -0.2) is 9.78 Å². The molecule has 1 aromatic heterocycles. The number of ether oxygens (including phenoxy) is 2. The molecule has 0 radical (unpaired) electrons. The molecule has 0 atom stereocenters. The molecule has 0 aliphatic carbocycles. The van der Waals surface area contributed by atoms with Gasteiger partial charge in [-0.15, -0.1) is 0 Å². The zero-order valence-corrected chi connectivity index (χ0v) is 20.4. The Hall–Kier alpha value is -3.03. The molecule has 1 amide bonds. The molecular weight excluding hydrogens is 463 g/mol. The molecule has 2 aromatic carbocycles. The number of carbonyl (C=O) groups is 1. The van der Waals surface area contributed by atoms with Crippen LogP contribution < -0.4 is 20.5 Å². The molecule has 1 heterocycles. The van der Waals surface area contributed by atoms with Gasteiger partial charge in [0.15, 0.2) is 5.82 Å². The highest BCUT2D eigenvalue weighted by Crippen LogP contribution is 2.36. The summed E-state index contributed by atoms with van der Waals surface area (Å²) >= 11 is 12.1. The minimum absolute atomic E-state index is 0.100. The molecule has 0 saturated heterocycles. The third-order valence-electron chi connectivity index (χ3n) is 4.99. The summed E-state index contributed by atoms with van der Waals surface area (Å²) in [5.41, 5.74) is 8.80. The molecular formula is C24H26Cl2N4O3. The first-order valence-corrected chi connectivity index (χ1v) is 11.1. The summed E-state index contributed by atoms with van der Waals surface area (Å²) in [5.74, 6) is 1.65. The van der Waals surface area contributed by atoms with Crippen LogP contribution in [-0.2, 0) is 18.3 Å². The number of amides is 1. The summed E-state index contributed by atoms with van der Waals surface area (Å²) in [5, 5.41) is 3.63. The molecule has 0 aliphatic rings. The number of methoxy groups -OCH3 is 1. The molecule has 9 heteroatoms. The molecule has 0 spiro atoms. The number of hydrogen-bond acceptors (Lipinski definition) is 6. The Balaban J connectivity index is 1.90. The number of nitrogens with two attached hydrogens (primary N) is 1. The first-order valence-electron chi connectivity index (χ1n) is 10.3. The van der Waals surface area contributed by atoms with E-state index in [1.54, 1.807) is 13.2 Å². The van der Waals surface area contributed by atoms with Crippen LogP contribution in [0.25, 0.3) is 0 Å². The maximum Gasteiger partial charge on any atom is 0.409 e. The van der Waals surface area contributed by atoms with Crippen LogP contribution in [0.2, 0.25) is 10.3 Å². The van der Waals surface area contributed by atoms with E-state index in [-0.39, 0.29) is 10.7 Å². The summed E-state index contributed by atoms with van der Waals surface area (Å²) in [4.78, 5) is 19.4. The van der Waals surface area contributed by atoms with Gasteiger partial charge in [-0.2, -0.15) is 4.98 Å². The third-order valence-corrected chi connectivity index (χ3v) is 5.45. The lowest BCUT2D eigenvalue weighted by atomic mass is 9.81. The molecule has 0 fully saturated rings. The van der Waals surface area contributed by atoms with E-state index in [4.69, 9.17) is 38.4 Å². The number of benzene rings is 2. The van der Waals surface area contributed by atoms with Crippen LogP contribution in [0.1, 0.15) is 37.5 Å². The van der Waals surface area contributed by atoms with Crippen molar-refractivity contribution in [3.05, 3.63) is 69.6 Å². The maximum absolute atomic E-state index is 11.4. The van der Waals surface area contributed by atoms with Gasteiger partial charge in [0.05, 0.1) is 13.3 Å². The number of primary amides is 1. The van der Waals surface area contributed by atoms with Crippen molar-refractivity contribution in [2.75, 3.05) is 12.4 Å². The van der Waals surface area contributed by atoms with Crippen LogP contribution in [0.4, 0.5) is 16.3 Å². The molecule has 33 heavy (non-hydrogen) atoms. The first kappa shape index (κ1) is 24.6. The van der Waals surface area contributed by atoms with Crippen LogP contribution in [0.5, 0.6) is 11.5 Å². The van der Waals surface area contributed by atoms with Gasteiger partial charge in [0, 0.05) is 11.3 Å². The van der Waals surface area contributed by atoms with Gasteiger partial charge in [0.1, 0.15) is 16.5 Å². The van der Waals surface area contributed by atoms with Gasteiger partial charge < -0.3 is 20.5 Å². The summed E-state index contributed by atoms with van der Waals surface area (Å²) in [7, 11) is 1.63. The molecule has 7 nitrogen and oxygen atoms in total. The third kappa shape index (κ3) is 6.27. The number of aromatic nitrogens is 2. The molecule has 3 rings (SSSR count). The van der Waals surface area contributed by atoms with Gasteiger partial charge in [0.25, 0.3) is 0 Å². The van der Waals surface area contributed by atoms with E-state index in [1.807, 2.05) is 30.3 Å². The van der Waals surface area contributed by atoms with Crippen molar-refractivity contribution in [2.45, 2.75) is 39.0 Å². The molecule has 0 aliphatic heterocycles. The van der Waals surface area contributed by atoms with E-state index >= 15 is 0 Å². The normalized spacial score (nSPS) is 11.2. The van der Waals surface area contributed by atoms with Crippen molar-refractivity contribution in [3.63, 3.8) is 0 Å². The molecule has 3 N–H and O–H groups in total. The van der Waals surface area contributed by atoms with E-state index in [2.05, 4.69) is 36.1 Å². The summed E-state index contributed by atoms with van der Waals surface area (Å²) in [6.45, 7) is 6.21. The van der Waals surface area contributed by atoms with E-state index < -0.39 is 6.09 Å². The first-order chi connectivity index (χ1) is 15.6. The standard InChI is InChI=1S/C24H26Cl2N4O3/c1-24(2,3)20-14(6-5-7-19(20)33-23(27)31)8-9-15-12-16(10-11-18(15)32-4)29-21-17(25)13-28-22(26)30-21/h5-7,10-13H,8-9H2,1-4H3,(H2,27,31)(H,28,29,30). The number of hydrogen-bond donors (Lipinski definition) is 2. The van der Waals surface area contributed by atoms with E-state index in [0.717, 1.165) is 28.1 Å². The van der Waals surface area contributed by atoms with Crippen molar-refractivity contribution in [1.29, 1.82) is 0 Å². The predicted molar refractivity (Wildman–Crippen MR) is 131 cm³/mol. The highest BCUT2D eigenvalue weighted by Gasteiger charge is 2.24. The van der Waals surface area contributed by atoms with Crippen LogP contribution in [0.3, 0.4) is 0 Å². The predicted octanol–water partition coefficient (Wildman–Crippen LogP) is 6.08. The van der Waals surface area contributed by atoms with Crippen LogP contribution in [0, 0.1) is 0 Å². The average molecular weight is 489 g/mol. The highest BCUT2D eigenvalue weighted by molar-refractivity contribution is 6.33. The lowest BCUT2D eigenvalue weighted by Gasteiger charge is -2.25. The van der Waals surface area contributed by atoms with Crippen molar-refractivity contribution in [2.24, 2.45) is 5.73 Å². The average Bonchev–Trinajstić information content (AvgIpc) is 2.73. The van der Waals surface area contributed by atoms with Gasteiger partial charge in [-0.1, -0.05) is 44.5 Å². The minimum Gasteiger partial charge on any atom is -0.496 e. The zero-order chi connectivity index (χ0) is 24.2. The summed E-state index contributed by atoms with van der Waals surface area (Å²) in [6.07, 6.45) is 1.99. The maximum atomic E-state index is 11.4. The fraction of sp³-hybridized carbons (Fsp3) is 0.292. The van der Waals surface area contributed by atoms with Gasteiger partial charge in [0.2, 0.25) is 5.28 Å². The molecule has 0 saturated carbocycles. The second kappa shape index (κ2) is 10.3. The van der Waals surface area contributed by atoms with E-state index in [9.17, 15) is 4.79 Å². The van der Waals surface area contributed by atoms with Crippen molar-refractivity contribution in [3.8, 4) is 11.5 Å². The summed E-state index contributed by atoms with van der Waals surface area (Å²) < 4.78 is 10.9. The number of rotatable bonds is 7. The Morgan fingerprint density at radius 1 is 1.09 bits per heavy atom. The fourth-order valence-corrected chi connectivity index (χ4v) is 3.99. The Bertz CT molecular complexity index is 1160. The van der Waals surface area contributed by atoms with E-state index in [0.29, 0.717) is 29.4 Å². The van der Waals surface area contributed by atoms with Crippen molar-refractivity contribution >= 4 is 40.8 Å². The Labute approximate surface area is 203 Å². The number of anilines is 2. The highest BCUT2D eigenvalue weighted by atomic mass is 35.5. The number of nitrogens with one attached hydrogen (secondary N) is 1. The molecule has 0 bridgehead atoms. The van der Waals surface area contributed by atoms with Gasteiger partial charge >= 0.3 is 6.09 Å². The zero-order valence-electron chi connectivity index (χ0n) is 18.9. The molecule has 0 unspecified atom stereocenters. The molecule has 174 valence electrons. The lowest BCUT2D eigenvalue weighted by molar-refractivity contribution is 0.210. The second-order valence-electron chi connectivity index (χ2n) is 8.45. The SMILES string of the molecule is COc1ccc(Nc2nc(Cl)ncc2Cl)cc1CCc1cccc(OC(N)=O)c1C(C)(C)C. The number of halogens is 2. The quantitative estimate of drug-likeness (QED) is 0.391. The Morgan fingerprint density at radius 2 is 1.82 bits per heavy atom. The Kier molecular flexibility index (Phi) is 7.66. The minimum atomic E-state index is -0.832. The lowest BCUT2D eigenvalue weighted by Crippen LogP contribution is -2.22. The number of nitrogens with zero attached hydrogens (tertiary/aromatic N) is 2. The van der Waals surface area contributed by atoms with Crippen LogP contribution >= 0.6 is 23.2 Å². The number of aryl methyl sites for hydroxylation is 2. The topological polar surface area (TPSA) is 99.4 Å². The number of carbonyl (C=O) groups excluding carboxylic acids is 1. The van der Waals surface area contributed by atoms with Crippen molar-refractivity contribution < 1.29 is 14.3 Å². The largest absolute Gasteiger partial charge is 0.496 e. The fourth-order valence-electron chi connectivity index (χ4n) is 3.72. The van der Waals surface area contributed by atoms with Crippen LogP contribution in [0.15, 0.2) is 42.6 Å². The van der Waals surface area contributed by atoms with Gasteiger partial charge in [-0.05, 0) is 65.2 Å².